The molecule has 0 radical (unpaired) electrons. The first-order chi connectivity index (χ1) is 14.6. The fourth-order valence-electron chi connectivity index (χ4n) is 5.66. The van der Waals surface area contributed by atoms with Gasteiger partial charge in [0.25, 0.3) is 0 Å². The number of benzene rings is 1. The Morgan fingerprint density at radius 1 is 1.27 bits per heavy atom. The smallest absolute Gasteiger partial charge is 0.317 e. The zero-order chi connectivity index (χ0) is 20.8. The van der Waals surface area contributed by atoms with Crippen molar-refractivity contribution >= 4 is 40.5 Å². The molecule has 0 saturated carbocycles. The second kappa shape index (κ2) is 8.32. The van der Waals surface area contributed by atoms with Crippen LogP contribution in [0.1, 0.15) is 47.6 Å². The van der Waals surface area contributed by atoms with E-state index in [1.165, 1.54) is 33.7 Å². The largest absolute Gasteiger partial charge is 0.357 e. The molecule has 2 aliphatic heterocycles. The Labute approximate surface area is 187 Å². The highest BCUT2D eigenvalue weighted by molar-refractivity contribution is 8.19. The summed E-state index contributed by atoms with van der Waals surface area (Å²) in [5, 5.41) is 4.78. The van der Waals surface area contributed by atoms with Gasteiger partial charge in [0.05, 0.1) is 4.58 Å². The summed E-state index contributed by atoms with van der Waals surface area (Å²) < 4.78 is 0.548. The van der Waals surface area contributed by atoms with Crippen LogP contribution in [0.15, 0.2) is 18.2 Å². The van der Waals surface area contributed by atoms with Crippen molar-refractivity contribution in [2.45, 2.75) is 49.3 Å². The van der Waals surface area contributed by atoms with E-state index in [2.05, 4.69) is 64.0 Å². The Balaban J connectivity index is 1.46. The lowest BCUT2D eigenvalue weighted by Gasteiger charge is -2.46. The van der Waals surface area contributed by atoms with Crippen molar-refractivity contribution in [1.82, 2.24) is 20.1 Å². The molecular formula is C23H32N4OS2. The van der Waals surface area contributed by atoms with Crippen molar-refractivity contribution in [3.05, 3.63) is 35.0 Å². The van der Waals surface area contributed by atoms with Gasteiger partial charge in [-0.3, -0.25) is 0 Å². The maximum atomic E-state index is 12.7. The van der Waals surface area contributed by atoms with Crippen LogP contribution in [0.2, 0.25) is 0 Å². The highest BCUT2D eigenvalue weighted by Gasteiger charge is 2.41. The molecule has 3 aliphatic rings. The van der Waals surface area contributed by atoms with Gasteiger partial charge in [0.2, 0.25) is 0 Å². The van der Waals surface area contributed by atoms with E-state index in [-0.39, 0.29) is 12.1 Å². The lowest BCUT2D eigenvalue weighted by atomic mass is 9.73. The molecule has 1 aliphatic carbocycles. The lowest BCUT2D eigenvalue weighted by Crippen LogP contribution is -2.56. The molecule has 1 aromatic carbocycles. The first-order valence-electron chi connectivity index (χ1n) is 11.2. The third-order valence-electron chi connectivity index (χ3n) is 7.12. The average molecular weight is 445 g/mol. The molecule has 2 fully saturated rings. The molecule has 0 bridgehead atoms. The molecule has 3 atom stereocenters. The number of hydrogen-bond donors (Lipinski definition) is 2. The van der Waals surface area contributed by atoms with Crippen LogP contribution in [0.3, 0.4) is 0 Å². The minimum Gasteiger partial charge on any atom is -0.357 e. The summed E-state index contributed by atoms with van der Waals surface area (Å²) in [6.07, 6.45) is 2.13. The summed E-state index contributed by atoms with van der Waals surface area (Å²) >= 11 is 4.16. The summed E-state index contributed by atoms with van der Waals surface area (Å²) in [6, 6.07) is 7.55. The zero-order valence-corrected chi connectivity index (χ0v) is 19.7. The molecule has 7 heteroatoms. The third-order valence-corrected chi connectivity index (χ3v) is 10.2. The molecule has 162 valence electrons. The number of nitrogens with zero attached hydrogens (tertiary/aromatic N) is 2. The SMILES string of the molecule is CCN(CC)C(=O)N[C@H]1CC2c3cccc4[nH]c(C5SCCS5)c(c34)C[C@H]2N(C)C1. The number of carbonyl (C=O) groups excluding carboxylic acids is 1. The van der Waals surface area contributed by atoms with Crippen LogP contribution in [-0.4, -0.2) is 71.1 Å². The molecule has 2 N–H and O–H groups in total. The first-order valence-corrected chi connectivity index (χ1v) is 13.3. The average Bonchev–Trinajstić information content (AvgIpc) is 3.39. The monoisotopic (exact) mass is 444 g/mol. The number of piperidine rings is 1. The number of carbonyl (C=O) groups is 1. The van der Waals surface area contributed by atoms with E-state index >= 15 is 0 Å². The Hall–Kier alpha value is -1.31. The zero-order valence-electron chi connectivity index (χ0n) is 18.1. The number of rotatable bonds is 4. The molecule has 2 saturated heterocycles. The van der Waals surface area contributed by atoms with E-state index < -0.39 is 0 Å². The number of amides is 2. The number of likely N-dealkylation sites (N-methyl/N-ethyl adjacent to an activating group) is 1. The molecule has 5 rings (SSSR count). The van der Waals surface area contributed by atoms with Crippen LogP contribution >= 0.6 is 23.5 Å². The van der Waals surface area contributed by atoms with Gasteiger partial charge in [-0.05, 0) is 50.9 Å². The van der Waals surface area contributed by atoms with E-state index in [1.807, 2.05) is 18.7 Å². The van der Waals surface area contributed by atoms with Crippen LogP contribution in [0.5, 0.6) is 0 Å². The Morgan fingerprint density at radius 2 is 2.03 bits per heavy atom. The van der Waals surface area contributed by atoms with Crippen molar-refractivity contribution in [2.24, 2.45) is 0 Å². The van der Waals surface area contributed by atoms with Crippen LogP contribution in [-0.2, 0) is 6.42 Å². The van der Waals surface area contributed by atoms with Gasteiger partial charge in [-0.2, -0.15) is 0 Å². The van der Waals surface area contributed by atoms with Gasteiger partial charge < -0.3 is 20.1 Å². The predicted octanol–water partition coefficient (Wildman–Crippen LogP) is 4.41. The second-order valence-electron chi connectivity index (χ2n) is 8.73. The summed E-state index contributed by atoms with van der Waals surface area (Å²) in [4.78, 5) is 20.8. The van der Waals surface area contributed by atoms with Crippen molar-refractivity contribution in [2.75, 3.05) is 38.2 Å². The molecule has 5 nitrogen and oxygen atoms in total. The number of fused-ring (bicyclic) bond motifs is 2. The number of H-pyrrole nitrogens is 1. The van der Waals surface area contributed by atoms with Gasteiger partial charge in [-0.1, -0.05) is 12.1 Å². The summed E-state index contributed by atoms with van der Waals surface area (Å²) in [5.74, 6) is 2.96. The van der Waals surface area contributed by atoms with Gasteiger partial charge in [0.1, 0.15) is 0 Å². The maximum absolute atomic E-state index is 12.7. The number of likely N-dealkylation sites (tertiary alicyclic amines) is 1. The third kappa shape index (κ3) is 3.43. The molecule has 1 unspecified atom stereocenters. The van der Waals surface area contributed by atoms with E-state index in [0.717, 1.165) is 32.5 Å². The number of aromatic nitrogens is 1. The lowest BCUT2D eigenvalue weighted by molar-refractivity contribution is 0.124. The molecule has 1 aromatic heterocycles. The Bertz CT molecular complexity index is 935. The standard InChI is InChI=1S/C23H32N4OS2/c1-4-27(5-2)23(28)24-14-11-16-15-7-6-8-18-20(15)17(12-19(16)26(3)13-14)21(25-18)22-29-9-10-30-22/h6-8,14,16,19,22,25H,4-5,9-13H2,1-3H3,(H,24,28)/t14-,16?,19+/m0/s1. The molecule has 2 amide bonds. The highest BCUT2D eigenvalue weighted by Crippen LogP contribution is 2.51. The normalized spacial score (nSPS) is 26.7. The Morgan fingerprint density at radius 3 is 2.77 bits per heavy atom. The van der Waals surface area contributed by atoms with Crippen molar-refractivity contribution in [3.63, 3.8) is 0 Å². The van der Waals surface area contributed by atoms with Crippen LogP contribution in [0.25, 0.3) is 10.9 Å². The number of hydrogen-bond acceptors (Lipinski definition) is 4. The van der Waals surface area contributed by atoms with Gasteiger partial charge in [0.15, 0.2) is 0 Å². The van der Waals surface area contributed by atoms with E-state index in [9.17, 15) is 4.79 Å². The van der Waals surface area contributed by atoms with Gasteiger partial charge in [-0.25, -0.2) is 4.79 Å². The molecule has 3 heterocycles. The van der Waals surface area contributed by atoms with Crippen LogP contribution in [0, 0.1) is 0 Å². The van der Waals surface area contributed by atoms with Crippen molar-refractivity contribution in [1.29, 1.82) is 0 Å². The van der Waals surface area contributed by atoms with E-state index in [1.54, 1.807) is 5.56 Å². The minimum absolute atomic E-state index is 0.0748. The van der Waals surface area contributed by atoms with Gasteiger partial charge in [0, 0.05) is 65.7 Å². The molecule has 0 spiro atoms. The quantitative estimate of drug-likeness (QED) is 0.733. The summed E-state index contributed by atoms with van der Waals surface area (Å²) in [7, 11) is 2.24. The second-order valence-corrected chi connectivity index (χ2v) is 11.5. The summed E-state index contributed by atoms with van der Waals surface area (Å²) in [6.45, 7) is 6.51. The molecular weight excluding hydrogens is 412 g/mol. The molecule has 2 aromatic rings. The van der Waals surface area contributed by atoms with E-state index in [4.69, 9.17) is 0 Å². The number of urea groups is 1. The highest BCUT2D eigenvalue weighted by atomic mass is 32.2. The summed E-state index contributed by atoms with van der Waals surface area (Å²) in [5.41, 5.74) is 5.77. The van der Waals surface area contributed by atoms with Crippen molar-refractivity contribution in [3.8, 4) is 0 Å². The van der Waals surface area contributed by atoms with Gasteiger partial charge in [-0.15, -0.1) is 23.5 Å². The van der Waals surface area contributed by atoms with Crippen LogP contribution in [0.4, 0.5) is 4.79 Å². The number of aromatic amines is 1. The van der Waals surface area contributed by atoms with E-state index in [0.29, 0.717) is 16.5 Å². The number of nitrogens with one attached hydrogen (secondary N) is 2. The maximum Gasteiger partial charge on any atom is 0.317 e. The molecule has 30 heavy (non-hydrogen) atoms. The number of thioether (sulfide) groups is 2. The Kier molecular flexibility index (Phi) is 5.71. The van der Waals surface area contributed by atoms with Crippen molar-refractivity contribution < 1.29 is 4.79 Å². The fraction of sp³-hybridized carbons (Fsp3) is 0.609. The van der Waals surface area contributed by atoms with Crippen LogP contribution < -0.4 is 5.32 Å². The van der Waals surface area contributed by atoms with Gasteiger partial charge >= 0.3 is 6.03 Å². The topological polar surface area (TPSA) is 51.4 Å². The fourth-order valence-corrected chi connectivity index (χ4v) is 8.56. The predicted molar refractivity (Wildman–Crippen MR) is 129 cm³/mol. The first kappa shape index (κ1) is 20.6. The minimum atomic E-state index is 0.0748.